The van der Waals surface area contributed by atoms with Crippen LogP contribution in [0.25, 0.3) is 117 Å². The van der Waals surface area contributed by atoms with Gasteiger partial charge in [-0.15, -0.1) is 0 Å². The summed E-state index contributed by atoms with van der Waals surface area (Å²) in [5.41, 5.74) is 19.3. The summed E-state index contributed by atoms with van der Waals surface area (Å²) >= 11 is 0. The number of hydrogen-bond acceptors (Lipinski definition) is 2. The first kappa shape index (κ1) is 33.3. The zero-order valence-corrected chi connectivity index (χ0v) is 32.0. The monoisotopic (exact) mass is 749 g/mol. The molecular formula is C56H35N3. The van der Waals surface area contributed by atoms with E-state index in [0.29, 0.717) is 0 Å². The number of aromatic nitrogens is 3. The molecule has 0 spiro atoms. The standard InChI is InChI=1S/C56H35N3/c1-2-15-37(16-3-1)56-58-51-27-12-13-28-52(51)59(56)40-31-29-36(30-32-40)38-17-14-18-39(35-38)55-54-49(46-24-10-11-26-50(46)57-55)34-33-48-45-23-7-6-21-43(45)41-19-4-5-20-42(41)44-22-8-9-25-47(44)53(48)54/h1-35H. The molecule has 0 unspecified atom stereocenters. The third kappa shape index (κ3) is 5.29. The van der Waals surface area contributed by atoms with Crippen molar-refractivity contribution in [2.24, 2.45) is 0 Å². The van der Waals surface area contributed by atoms with Crippen LogP contribution in [-0.2, 0) is 0 Å². The van der Waals surface area contributed by atoms with Crippen LogP contribution in [0.15, 0.2) is 212 Å². The SMILES string of the molecule is c1ccc(-c2nc3ccccc3n2-c2ccc(-c3cccc(-c4nc5ccccc5c5ccc6c(c45)-c4ccccc4-c4ccccc4-c4ccccc4-6)c3)cc2)cc1. The molecule has 0 fully saturated rings. The van der Waals surface area contributed by atoms with Crippen molar-refractivity contribution in [3.63, 3.8) is 0 Å². The highest BCUT2D eigenvalue weighted by Gasteiger charge is 2.26. The molecule has 274 valence electrons. The summed E-state index contributed by atoms with van der Waals surface area (Å²) < 4.78 is 2.26. The minimum atomic E-state index is 0.929. The van der Waals surface area contributed by atoms with Gasteiger partial charge in [-0.3, -0.25) is 4.57 Å². The zero-order chi connectivity index (χ0) is 38.9. The Balaban J connectivity index is 1.07. The van der Waals surface area contributed by atoms with E-state index in [4.69, 9.17) is 9.97 Å². The summed E-state index contributed by atoms with van der Waals surface area (Å²) in [6, 6.07) is 76.4. The van der Waals surface area contributed by atoms with Crippen molar-refractivity contribution in [1.29, 1.82) is 0 Å². The second-order valence-electron chi connectivity index (χ2n) is 15.3. The topological polar surface area (TPSA) is 30.7 Å². The van der Waals surface area contributed by atoms with Gasteiger partial charge in [0, 0.05) is 33.2 Å². The Morgan fingerprint density at radius 3 is 1.61 bits per heavy atom. The van der Waals surface area contributed by atoms with Crippen LogP contribution in [-0.4, -0.2) is 14.5 Å². The van der Waals surface area contributed by atoms with E-state index in [2.05, 4.69) is 205 Å². The number of pyridine rings is 1. The van der Waals surface area contributed by atoms with Crippen LogP contribution in [0, 0.1) is 0 Å². The third-order valence-corrected chi connectivity index (χ3v) is 12.0. The van der Waals surface area contributed by atoms with Gasteiger partial charge in [-0.2, -0.15) is 0 Å². The lowest BCUT2D eigenvalue weighted by atomic mass is 9.78. The predicted octanol–water partition coefficient (Wildman–Crippen LogP) is 14.7. The van der Waals surface area contributed by atoms with Gasteiger partial charge in [0.05, 0.1) is 22.2 Å². The second kappa shape index (κ2) is 13.4. The van der Waals surface area contributed by atoms with E-state index in [9.17, 15) is 0 Å². The van der Waals surface area contributed by atoms with Crippen LogP contribution in [0.1, 0.15) is 0 Å². The van der Waals surface area contributed by atoms with Crippen molar-refractivity contribution in [2.75, 3.05) is 0 Å². The van der Waals surface area contributed by atoms with Crippen LogP contribution in [0.4, 0.5) is 0 Å². The van der Waals surface area contributed by atoms with Crippen molar-refractivity contribution in [3.8, 4) is 84.0 Å². The van der Waals surface area contributed by atoms with E-state index in [0.717, 1.165) is 66.8 Å². The van der Waals surface area contributed by atoms with Crippen LogP contribution < -0.4 is 0 Å². The summed E-state index contributed by atoms with van der Waals surface area (Å²) in [4.78, 5) is 10.6. The van der Waals surface area contributed by atoms with E-state index >= 15 is 0 Å². The Morgan fingerprint density at radius 1 is 0.322 bits per heavy atom. The van der Waals surface area contributed by atoms with Crippen molar-refractivity contribution in [3.05, 3.63) is 212 Å². The minimum absolute atomic E-state index is 0.929. The van der Waals surface area contributed by atoms with Gasteiger partial charge in [0.2, 0.25) is 0 Å². The first-order chi connectivity index (χ1) is 29.3. The molecule has 0 aliphatic heterocycles. The summed E-state index contributed by atoms with van der Waals surface area (Å²) in [6.45, 7) is 0. The second-order valence-corrected chi connectivity index (χ2v) is 15.3. The number of fused-ring (bicyclic) bond motifs is 13. The zero-order valence-electron chi connectivity index (χ0n) is 32.0. The van der Waals surface area contributed by atoms with Gasteiger partial charge in [0.1, 0.15) is 5.82 Å². The lowest BCUT2D eigenvalue weighted by molar-refractivity contribution is 1.10. The molecule has 0 N–H and O–H groups in total. The van der Waals surface area contributed by atoms with Crippen molar-refractivity contribution in [1.82, 2.24) is 14.5 Å². The fourth-order valence-corrected chi connectivity index (χ4v) is 9.32. The Hall–Kier alpha value is -7.88. The lowest BCUT2D eigenvalue weighted by Crippen LogP contribution is -2.00. The Bertz CT molecular complexity index is 3430. The Morgan fingerprint density at radius 2 is 0.881 bits per heavy atom. The molecule has 12 rings (SSSR count). The largest absolute Gasteiger partial charge is 0.292 e. The molecule has 3 heteroatoms. The number of imidazole rings is 1. The number of benzene rings is 9. The average Bonchev–Trinajstić information content (AvgIpc) is 3.71. The molecule has 9 aromatic carbocycles. The van der Waals surface area contributed by atoms with Crippen LogP contribution in [0.5, 0.6) is 0 Å². The van der Waals surface area contributed by atoms with Crippen molar-refractivity contribution >= 4 is 32.7 Å². The van der Waals surface area contributed by atoms with Gasteiger partial charge < -0.3 is 0 Å². The molecule has 11 aromatic rings. The summed E-state index contributed by atoms with van der Waals surface area (Å²) in [5, 5.41) is 3.51. The summed E-state index contributed by atoms with van der Waals surface area (Å²) in [6.07, 6.45) is 0. The molecule has 1 aliphatic rings. The molecule has 0 radical (unpaired) electrons. The first-order valence-electron chi connectivity index (χ1n) is 20.2. The minimum Gasteiger partial charge on any atom is -0.292 e. The molecule has 2 aromatic heterocycles. The molecular weight excluding hydrogens is 715 g/mol. The molecule has 0 saturated heterocycles. The van der Waals surface area contributed by atoms with Gasteiger partial charge in [0.25, 0.3) is 0 Å². The van der Waals surface area contributed by atoms with Crippen LogP contribution in [0.2, 0.25) is 0 Å². The normalized spacial score (nSPS) is 11.7. The third-order valence-electron chi connectivity index (χ3n) is 12.0. The fourth-order valence-electron chi connectivity index (χ4n) is 9.32. The van der Waals surface area contributed by atoms with Gasteiger partial charge in [-0.05, 0) is 91.9 Å². The molecule has 2 heterocycles. The van der Waals surface area contributed by atoms with Crippen molar-refractivity contribution < 1.29 is 0 Å². The maximum atomic E-state index is 5.55. The van der Waals surface area contributed by atoms with Gasteiger partial charge in [-0.1, -0.05) is 176 Å². The summed E-state index contributed by atoms with van der Waals surface area (Å²) in [5.74, 6) is 0.929. The summed E-state index contributed by atoms with van der Waals surface area (Å²) in [7, 11) is 0. The van der Waals surface area contributed by atoms with Crippen LogP contribution >= 0.6 is 0 Å². The predicted molar refractivity (Wildman–Crippen MR) is 245 cm³/mol. The maximum absolute atomic E-state index is 5.55. The smallest absolute Gasteiger partial charge is 0.145 e. The molecule has 0 saturated carbocycles. The molecule has 1 aliphatic carbocycles. The van der Waals surface area contributed by atoms with E-state index in [1.54, 1.807) is 0 Å². The lowest BCUT2D eigenvalue weighted by Gasteiger charge is -2.25. The van der Waals surface area contributed by atoms with E-state index in [-0.39, 0.29) is 0 Å². The number of hydrogen-bond donors (Lipinski definition) is 0. The first-order valence-corrected chi connectivity index (χ1v) is 20.2. The maximum Gasteiger partial charge on any atom is 0.145 e. The molecule has 3 nitrogen and oxygen atoms in total. The number of rotatable bonds is 4. The fraction of sp³-hybridized carbons (Fsp3) is 0. The Kier molecular flexibility index (Phi) is 7.54. The van der Waals surface area contributed by atoms with E-state index in [1.807, 2.05) is 12.1 Å². The van der Waals surface area contributed by atoms with Gasteiger partial charge >= 0.3 is 0 Å². The highest BCUT2D eigenvalue weighted by atomic mass is 15.1. The molecule has 0 bridgehead atoms. The molecule has 0 amide bonds. The average molecular weight is 750 g/mol. The van der Waals surface area contributed by atoms with Gasteiger partial charge in [-0.25, -0.2) is 9.97 Å². The highest BCUT2D eigenvalue weighted by Crippen LogP contribution is 2.52. The number of para-hydroxylation sites is 3. The molecule has 0 atom stereocenters. The van der Waals surface area contributed by atoms with Crippen LogP contribution in [0.3, 0.4) is 0 Å². The van der Waals surface area contributed by atoms with Crippen molar-refractivity contribution in [2.45, 2.75) is 0 Å². The molecule has 59 heavy (non-hydrogen) atoms. The highest BCUT2D eigenvalue weighted by molar-refractivity contribution is 6.21. The Labute approximate surface area is 342 Å². The van der Waals surface area contributed by atoms with E-state index < -0.39 is 0 Å². The van der Waals surface area contributed by atoms with Gasteiger partial charge in [0.15, 0.2) is 0 Å². The van der Waals surface area contributed by atoms with E-state index in [1.165, 1.54) is 49.9 Å². The quantitative estimate of drug-likeness (QED) is 0.168. The number of nitrogens with zero attached hydrogens (tertiary/aromatic N) is 3.